The Hall–Kier alpha value is -1.91. The van der Waals surface area contributed by atoms with Gasteiger partial charge in [-0.3, -0.25) is 4.79 Å². The van der Waals surface area contributed by atoms with Crippen LogP contribution in [0, 0.1) is 5.92 Å². The van der Waals surface area contributed by atoms with Gasteiger partial charge < -0.3 is 11.1 Å². The van der Waals surface area contributed by atoms with Gasteiger partial charge in [0.15, 0.2) is 0 Å². The van der Waals surface area contributed by atoms with Gasteiger partial charge in [0, 0.05) is 23.2 Å². The molecule has 1 fully saturated rings. The second kappa shape index (κ2) is 6.07. The third-order valence-corrected chi connectivity index (χ3v) is 4.11. The molecule has 1 saturated carbocycles. The highest BCUT2D eigenvalue weighted by Gasteiger charge is 2.29. The molecule has 22 heavy (non-hydrogen) atoms. The zero-order valence-corrected chi connectivity index (χ0v) is 13.1. The number of rotatable bonds is 4. The summed E-state index contributed by atoms with van der Waals surface area (Å²) in [5.41, 5.74) is 8.72. The molecule has 2 aromatic rings. The van der Waals surface area contributed by atoms with Crippen LogP contribution in [0.1, 0.15) is 31.4 Å². The summed E-state index contributed by atoms with van der Waals surface area (Å²) in [6.07, 6.45) is 3.63. The summed E-state index contributed by atoms with van der Waals surface area (Å²) in [4.78, 5) is 16.0. The first-order valence-electron chi connectivity index (χ1n) is 7.37. The van der Waals surface area contributed by atoms with Crippen molar-refractivity contribution in [2.75, 3.05) is 5.32 Å². The smallest absolute Gasteiger partial charge is 0.228 e. The van der Waals surface area contributed by atoms with Crippen LogP contribution in [0.15, 0.2) is 36.5 Å². The molecule has 4 nitrogen and oxygen atoms in total. The van der Waals surface area contributed by atoms with Crippen LogP contribution in [0.5, 0.6) is 0 Å². The van der Waals surface area contributed by atoms with Gasteiger partial charge in [-0.25, -0.2) is 4.98 Å². The first kappa shape index (κ1) is 15.0. The SMILES string of the molecule is CC(N)c1ccc(-c2ccnc(NC(=O)C3CC3)c2)cc1Cl. The fourth-order valence-electron chi connectivity index (χ4n) is 2.33. The number of pyridine rings is 1. The van der Waals surface area contributed by atoms with E-state index in [0.29, 0.717) is 10.8 Å². The lowest BCUT2D eigenvalue weighted by molar-refractivity contribution is -0.117. The lowest BCUT2D eigenvalue weighted by Crippen LogP contribution is -2.14. The molecule has 1 unspecified atom stereocenters. The van der Waals surface area contributed by atoms with E-state index >= 15 is 0 Å². The Morgan fingerprint density at radius 2 is 2.05 bits per heavy atom. The van der Waals surface area contributed by atoms with Crippen molar-refractivity contribution in [3.8, 4) is 11.1 Å². The molecule has 0 radical (unpaired) electrons. The molecule has 1 aromatic heterocycles. The monoisotopic (exact) mass is 315 g/mol. The molecular formula is C17H18ClN3O. The lowest BCUT2D eigenvalue weighted by atomic mass is 10.0. The highest BCUT2D eigenvalue weighted by atomic mass is 35.5. The van der Waals surface area contributed by atoms with Crippen molar-refractivity contribution in [3.05, 3.63) is 47.1 Å². The number of halogens is 1. The fraction of sp³-hybridized carbons (Fsp3) is 0.294. The third-order valence-electron chi connectivity index (χ3n) is 3.78. The number of amides is 1. The molecular weight excluding hydrogens is 298 g/mol. The van der Waals surface area contributed by atoms with Crippen molar-refractivity contribution < 1.29 is 4.79 Å². The topological polar surface area (TPSA) is 68.0 Å². The highest BCUT2D eigenvalue weighted by molar-refractivity contribution is 6.31. The molecule has 1 aromatic carbocycles. The Morgan fingerprint density at radius 3 is 2.68 bits per heavy atom. The molecule has 3 rings (SSSR count). The molecule has 1 aliphatic carbocycles. The Labute approximate surface area is 134 Å². The average molecular weight is 316 g/mol. The van der Waals surface area contributed by atoms with Crippen LogP contribution in [0.3, 0.4) is 0 Å². The minimum Gasteiger partial charge on any atom is -0.324 e. The summed E-state index contributed by atoms with van der Waals surface area (Å²) in [6.45, 7) is 1.90. The zero-order chi connectivity index (χ0) is 15.7. The summed E-state index contributed by atoms with van der Waals surface area (Å²) < 4.78 is 0. The third kappa shape index (κ3) is 3.29. The second-order valence-electron chi connectivity index (χ2n) is 5.72. The normalized spacial score (nSPS) is 15.4. The quantitative estimate of drug-likeness (QED) is 0.902. The van der Waals surface area contributed by atoms with Crippen molar-refractivity contribution in [2.45, 2.75) is 25.8 Å². The van der Waals surface area contributed by atoms with Crippen molar-refractivity contribution in [3.63, 3.8) is 0 Å². The largest absolute Gasteiger partial charge is 0.324 e. The number of nitrogens with zero attached hydrogens (tertiary/aromatic N) is 1. The number of carbonyl (C=O) groups is 1. The molecule has 1 heterocycles. The Morgan fingerprint density at radius 1 is 1.32 bits per heavy atom. The van der Waals surface area contributed by atoms with Crippen LogP contribution < -0.4 is 11.1 Å². The molecule has 1 aliphatic rings. The van der Waals surface area contributed by atoms with Gasteiger partial charge in [-0.05, 0) is 54.7 Å². The summed E-state index contributed by atoms with van der Waals surface area (Å²) in [5, 5.41) is 3.50. The van der Waals surface area contributed by atoms with Gasteiger partial charge in [0.2, 0.25) is 5.91 Å². The van der Waals surface area contributed by atoms with E-state index in [0.717, 1.165) is 29.5 Å². The molecule has 5 heteroatoms. The standard InChI is InChI=1S/C17H18ClN3O/c1-10(19)14-5-4-12(8-15(14)18)13-6-7-20-16(9-13)21-17(22)11-2-3-11/h4-11H,2-3,19H2,1H3,(H,20,21,22). The highest BCUT2D eigenvalue weighted by Crippen LogP contribution is 2.31. The zero-order valence-electron chi connectivity index (χ0n) is 12.3. The molecule has 0 spiro atoms. The molecule has 3 N–H and O–H groups in total. The average Bonchev–Trinajstić information content (AvgIpc) is 3.31. The van der Waals surface area contributed by atoms with Gasteiger partial charge in [0.25, 0.3) is 0 Å². The Bertz CT molecular complexity index is 711. The predicted molar refractivity (Wildman–Crippen MR) is 88.6 cm³/mol. The number of nitrogens with two attached hydrogens (primary N) is 1. The van der Waals surface area contributed by atoms with Gasteiger partial charge >= 0.3 is 0 Å². The van der Waals surface area contributed by atoms with E-state index in [1.54, 1.807) is 6.20 Å². The molecule has 1 atom stereocenters. The van der Waals surface area contributed by atoms with Gasteiger partial charge in [-0.2, -0.15) is 0 Å². The van der Waals surface area contributed by atoms with Crippen LogP contribution in [-0.4, -0.2) is 10.9 Å². The van der Waals surface area contributed by atoms with Crippen LogP contribution in [0.25, 0.3) is 11.1 Å². The first-order valence-corrected chi connectivity index (χ1v) is 7.74. The Balaban J connectivity index is 1.85. The summed E-state index contributed by atoms with van der Waals surface area (Å²) >= 11 is 6.28. The summed E-state index contributed by atoms with van der Waals surface area (Å²) in [7, 11) is 0. The minimum atomic E-state index is -0.104. The lowest BCUT2D eigenvalue weighted by Gasteiger charge is -2.11. The number of hydrogen-bond donors (Lipinski definition) is 2. The van der Waals surface area contributed by atoms with Gasteiger partial charge in [0.05, 0.1) is 0 Å². The van der Waals surface area contributed by atoms with Gasteiger partial charge in [-0.1, -0.05) is 23.7 Å². The van der Waals surface area contributed by atoms with Crippen molar-refractivity contribution >= 4 is 23.3 Å². The predicted octanol–water partition coefficient (Wildman–Crippen LogP) is 3.77. The first-order chi connectivity index (χ1) is 10.5. The van der Waals surface area contributed by atoms with Crippen molar-refractivity contribution in [1.82, 2.24) is 4.98 Å². The molecule has 0 bridgehead atoms. The van der Waals surface area contributed by atoms with Gasteiger partial charge in [-0.15, -0.1) is 0 Å². The Kier molecular flexibility index (Phi) is 4.14. The van der Waals surface area contributed by atoms with Crippen molar-refractivity contribution in [2.24, 2.45) is 11.7 Å². The molecule has 114 valence electrons. The minimum absolute atomic E-state index is 0.0509. The van der Waals surface area contributed by atoms with E-state index < -0.39 is 0 Å². The van der Waals surface area contributed by atoms with Crippen LogP contribution >= 0.6 is 11.6 Å². The number of carbonyl (C=O) groups excluding carboxylic acids is 1. The number of nitrogens with one attached hydrogen (secondary N) is 1. The van der Waals surface area contributed by atoms with E-state index in [-0.39, 0.29) is 17.9 Å². The number of anilines is 1. The molecule has 1 amide bonds. The van der Waals surface area contributed by atoms with Gasteiger partial charge in [0.1, 0.15) is 5.82 Å². The fourth-order valence-corrected chi connectivity index (χ4v) is 2.68. The number of benzene rings is 1. The second-order valence-corrected chi connectivity index (χ2v) is 6.13. The maximum atomic E-state index is 11.8. The van der Waals surface area contributed by atoms with E-state index in [9.17, 15) is 4.79 Å². The van der Waals surface area contributed by atoms with E-state index in [2.05, 4.69) is 10.3 Å². The number of hydrogen-bond acceptors (Lipinski definition) is 3. The van der Waals surface area contributed by atoms with Crippen molar-refractivity contribution in [1.29, 1.82) is 0 Å². The maximum Gasteiger partial charge on any atom is 0.228 e. The number of aromatic nitrogens is 1. The van der Waals surface area contributed by atoms with Crippen LogP contribution in [-0.2, 0) is 4.79 Å². The van der Waals surface area contributed by atoms with E-state index in [1.165, 1.54) is 0 Å². The molecule has 0 aliphatic heterocycles. The summed E-state index contributed by atoms with van der Waals surface area (Å²) in [5.74, 6) is 0.780. The molecule has 0 saturated heterocycles. The van der Waals surface area contributed by atoms with Crippen LogP contribution in [0.4, 0.5) is 5.82 Å². The maximum absolute atomic E-state index is 11.8. The van der Waals surface area contributed by atoms with Crippen LogP contribution in [0.2, 0.25) is 5.02 Å². The summed E-state index contributed by atoms with van der Waals surface area (Å²) in [6, 6.07) is 9.45. The van der Waals surface area contributed by atoms with E-state index in [1.807, 2.05) is 37.3 Å². The van der Waals surface area contributed by atoms with E-state index in [4.69, 9.17) is 17.3 Å².